The Morgan fingerprint density at radius 1 is 1.00 bits per heavy atom. The monoisotopic (exact) mass is 454 g/mol. The molecule has 2 aliphatic rings. The summed E-state index contributed by atoms with van der Waals surface area (Å²) in [5.74, 6) is 0.173. The zero-order valence-electron chi connectivity index (χ0n) is 18.7. The van der Waals surface area contributed by atoms with Crippen molar-refractivity contribution in [3.05, 3.63) is 54.0 Å². The molecular weight excluding hydrogens is 423 g/mol. The van der Waals surface area contributed by atoms with E-state index in [4.69, 9.17) is 5.11 Å². The number of amides is 2. The second-order valence-electron chi connectivity index (χ2n) is 9.16. The Balaban J connectivity index is 1.20. The maximum absolute atomic E-state index is 13.4. The predicted octanol–water partition coefficient (Wildman–Crippen LogP) is 3.91. The number of pyridine rings is 1. The molecule has 1 aromatic heterocycles. The molecule has 0 atom stereocenters. The molecule has 0 unspecified atom stereocenters. The summed E-state index contributed by atoms with van der Waals surface area (Å²) < 4.78 is 13.4. The fraction of sp³-hybridized carbons (Fsp3) is 0.480. The van der Waals surface area contributed by atoms with Crippen LogP contribution in [0.2, 0.25) is 0 Å². The van der Waals surface area contributed by atoms with E-state index < -0.39 is 6.09 Å². The Morgan fingerprint density at radius 3 is 2.36 bits per heavy atom. The van der Waals surface area contributed by atoms with E-state index in [1.807, 2.05) is 0 Å². The van der Waals surface area contributed by atoms with Gasteiger partial charge in [0, 0.05) is 43.5 Å². The SMILES string of the molecule is O=C(O)NC1CCC(CN2CCC(NC(=O)c3ccc(-c4cccc(F)c4)nc3)CC2)CC1. The maximum Gasteiger partial charge on any atom is 0.404 e. The number of piperidine rings is 1. The highest BCUT2D eigenvalue weighted by atomic mass is 19.1. The minimum Gasteiger partial charge on any atom is -0.465 e. The van der Waals surface area contributed by atoms with Gasteiger partial charge in [0.25, 0.3) is 5.91 Å². The van der Waals surface area contributed by atoms with Crippen LogP contribution in [0.3, 0.4) is 0 Å². The molecule has 1 saturated carbocycles. The lowest BCUT2D eigenvalue weighted by Crippen LogP contribution is -2.46. The van der Waals surface area contributed by atoms with E-state index in [0.717, 1.165) is 58.2 Å². The molecule has 1 aromatic carbocycles. The number of carbonyl (C=O) groups is 2. The number of nitrogens with one attached hydrogen (secondary N) is 2. The van der Waals surface area contributed by atoms with Crippen LogP contribution in [0.5, 0.6) is 0 Å². The summed E-state index contributed by atoms with van der Waals surface area (Å²) in [5.41, 5.74) is 1.82. The lowest BCUT2D eigenvalue weighted by Gasteiger charge is -2.36. The van der Waals surface area contributed by atoms with Crippen LogP contribution in [0.1, 0.15) is 48.9 Å². The van der Waals surface area contributed by atoms with E-state index in [1.165, 1.54) is 12.1 Å². The van der Waals surface area contributed by atoms with Crippen molar-refractivity contribution >= 4 is 12.0 Å². The van der Waals surface area contributed by atoms with Crippen LogP contribution in [-0.2, 0) is 0 Å². The number of hydrogen-bond acceptors (Lipinski definition) is 4. The second-order valence-corrected chi connectivity index (χ2v) is 9.16. The minimum absolute atomic E-state index is 0.0945. The van der Waals surface area contributed by atoms with Crippen molar-refractivity contribution in [2.75, 3.05) is 19.6 Å². The molecule has 7 nitrogen and oxygen atoms in total. The van der Waals surface area contributed by atoms with Crippen LogP contribution < -0.4 is 10.6 Å². The van der Waals surface area contributed by atoms with Gasteiger partial charge in [0.05, 0.1) is 11.3 Å². The molecule has 2 aromatic rings. The summed E-state index contributed by atoms with van der Waals surface area (Å²) in [5, 5.41) is 14.6. The first-order valence-electron chi connectivity index (χ1n) is 11.7. The van der Waals surface area contributed by atoms with Gasteiger partial charge in [-0.2, -0.15) is 0 Å². The van der Waals surface area contributed by atoms with Crippen LogP contribution in [0.4, 0.5) is 9.18 Å². The third-order valence-electron chi connectivity index (χ3n) is 6.76. The summed E-state index contributed by atoms with van der Waals surface area (Å²) in [6.45, 7) is 2.95. The fourth-order valence-corrected chi connectivity index (χ4v) is 4.90. The van der Waals surface area contributed by atoms with Crippen LogP contribution in [0, 0.1) is 11.7 Å². The van der Waals surface area contributed by atoms with Crippen molar-refractivity contribution in [1.29, 1.82) is 0 Å². The van der Waals surface area contributed by atoms with Gasteiger partial charge in [-0.25, -0.2) is 9.18 Å². The number of hydrogen-bond donors (Lipinski definition) is 3. The molecule has 0 spiro atoms. The highest BCUT2D eigenvalue weighted by Gasteiger charge is 2.26. The van der Waals surface area contributed by atoms with Gasteiger partial charge >= 0.3 is 6.09 Å². The maximum atomic E-state index is 13.4. The van der Waals surface area contributed by atoms with Gasteiger partial charge in [0.1, 0.15) is 5.82 Å². The average molecular weight is 455 g/mol. The summed E-state index contributed by atoms with van der Waals surface area (Å²) in [6.07, 6.45) is 6.37. The number of carboxylic acid groups (broad SMARTS) is 1. The topological polar surface area (TPSA) is 94.6 Å². The minimum atomic E-state index is -0.930. The van der Waals surface area contributed by atoms with Gasteiger partial charge in [-0.05, 0) is 68.7 Å². The molecule has 176 valence electrons. The third-order valence-corrected chi connectivity index (χ3v) is 6.76. The number of rotatable bonds is 6. The number of likely N-dealkylation sites (tertiary alicyclic amines) is 1. The molecule has 2 amide bonds. The molecule has 0 radical (unpaired) electrons. The Labute approximate surface area is 193 Å². The van der Waals surface area contributed by atoms with Crippen molar-refractivity contribution in [2.24, 2.45) is 5.92 Å². The van der Waals surface area contributed by atoms with Gasteiger partial charge < -0.3 is 20.6 Å². The Bertz CT molecular complexity index is 952. The highest BCUT2D eigenvalue weighted by Crippen LogP contribution is 2.26. The first-order valence-corrected chi connectivity index (χ1v) is 11.7. The molecule has 33 heavy (non-hydrogen) atoms. The van der Waals surface area contributed by atoms with E-state index in [2.05, 4.69) is 20.5 Å². The zero-order valence-corrected chi connectivity index (χ0v) is 18.7. The lowest BCUT2D eigenvalue weighted by molar-refractivity contribution is 0.0900. The number of carbonyl (C=O) groups excluding carboxylic acids is 1. The van der Waals surface area contributed by atoms with Crippen molar-refractivity contribution in [1.82, 2.24) is 20.5 Å². The van der Waals surface area contributed by atoms with E-state index in [0.29, 0.717) is 22.7 Å². The third kappa shape index (κ3) is 6.51. The van der Waals surface area contributed by atoms with Gasteiger partial charge in [-0.1, -0.05) is 12.1 Å². The quantitative estimate of drug-likeness (QED) is 0.615. The summed E-state index contributed by atoms with van der Waals surface area (Å²) >= 11 is 0. The van der Waals surface area contributed by atoms with E-state index in [1.54, 1.807) is 30.5 Å². The summed E-state index contributed by atoms with van der Waals surface area (Å²) in [7, 11) is 0. The lowest BCUT2D eigenvalue weighted by atomic mass is 9.85. The van der Waals surface area contributed by atoms with Crippen LogP contribution in [0.25, 0.3) is 11.3 Å². The zero-order chi connectivity index (χ0) is 23.2. The molecule has 2 heterocycles. The molecule has 1 aliphatic heterocycles. The van der Waals surface area contributed by atoms with Gasteiger partial charge in [0.15, 0.2) is 0 Å². The number of aromatic nitrogens is 1. The highest BCUT2D eigenvalue weighted by molar-refractivity contribution is 5.94. The standard InChI is InChI=1S/C25H31FN4O3/c26-20-3-1-2-18(14-20)23-9-6-19(15-27-23)24(31)28-22-10-12-30(13-11-22)16-17-4-7-21(8-5-17)29-25(32)33/h1-3,6,9,14-15,17,21-22,29H,4-5,7-8,10-13,16H2,(H,28,31)(H,32,33). The number of nitrogens with zero attached hydrogens (tertiary/aromatic N) is 2. The average Bonchev–Trinajstić information content (AvgIpc) is 2.81. The van der Waals surface area contributed by atoms with Crippen molar-refractivity contribution in [3.8, 4) is 11.3 Å². The van der Waals surface area contributed by atoms with Gasteiger partial charge in [0.2, 0.25) is 0 Å². The normalized spacial score (nSPS) is 22.0. The molecule has 0 bridgehead atoms. The first-order chi connectivity index (χ1) is 16.0. The van der Waals surface area contributed by atoms with Crippen molar-refractivity contribution < 1.29 is 19.1 Å². The predicted molar refractivity (Wildman–Crippen MR) is 123 cm³/mol. The van der Waals surface area contributed by atoms with Crippen LogP contribution >= 0.6 is 0 Å². The largest absolute Gasteiger partial charge is 0.465 e. The van der Waals surface area contributed by atoms with Crippen LogP contribution in [0.15, 0.2) is 42.6 Å². The van der Waals surface area contributed by atoms with Crippen molar-refractivity contribution in [2.45, 2.75) is 50.6 Å². The Kier molecular flexibility index (Phi) is 7.54. The summed E-state index contributed by atoms with van der Waals surface area (Å²) in [6, 6.07) is 9.96. The first kappa shape index (κ1) is 23.2. The molecular formula is C25H31FN4O3. The van der Waals surface area contributed by atoms with Crippen LogP contribution in [-0.4, -0.2) is 58.7 Å². The fourth-order valence-electron chi connectivity index (χ4n) is 4.90. The molecule has 4 rings (SSSR count). The molecule has 1 aliphatic carbocycles. The van der Waals surface area contributed by atoms with E-state index in [-0.39, 0.29) is 23.8 Å². The second kappa shape index (κ2) is 10.7. The summed E-state index contributed by atoms with van der Waals surface area (Å²) in [4.78, 5) is 30.2. The van der Waals surface area contributed by atoms with Crippen molar-refractivity contribution in [3.63, 3.8) is 0 Å². The molecule has 1 saturated heterocycles. The number of halogens is 1. The molecule has 2 fully saturated rings. The number of benzene rings is 1. The van der Waals surface area contributed by atoms with E-state index >= 15 is 0 Å². The van der Waals surface area contributed by atoms with Gasteiger partial charge in [-0.3, -0.25) is 9.78 Å². The Morgan fingerprint density at radius 2 is 1.73 bits per heavy atom. The Hall–Kier alpha value is -3.00. The molecule has 3 N–H and O–H groups in total. The molecule has 8 heteroatoms. The van der Waals surface area contributed by atoms with E-state index in [9.17, 15) is 14.0 Å². The smallest absolute Gasteiger partial charge is 0.404 e. The van der Waals surface area contributed by atoms with Gasteiger partial charge in [-0.15, -0.1) is 0 Å².